The Morgan fingerprint density at radius 3 is 1.13 bits per heavy atom. The molecule has 0 saturated carbocycles. The Hall–Kier alpha value is -7.50. The van der Waals surface area contributed by atoms with E-state index in [9.17, 15) is 28.8 Å². The highest BCUT2D eigenvalue weighted by Crippen LogP contribution is 2.22. The minimum Gasteiger partial charge on any atom is -0.481 e. The van der Waals surface area contributed by atoms with Crippen molar-refractivity contribution >= 4 is 35.4 Å². The van der Waals surface area contributed by atoms with Crippen LogP contribution in [0.4, 0.5) is 0 Å². The first kappa shape index (κ1) is 64.0. The van der Waals surface area contributed by atoms with Gasteiger partial charge in [0.05, 0.1) is 29.8 Å². The molecule has 0 radical (unpaired) electrons. The summed E-state index contributed by atoms with van der Waals surface area (Å²) in [5.74, 6) is -2.91. The highest BCUT2D eigenvalue weighted by Gasteiger charge is 2.31. The summed E-state index contributed by atoms with van der Waals surface area (Å²) in [6, 6.07) is 57.2. The first-order valence-corrected chi connectivity index (χ1v) is 27.9. The van der Waals surface area contributed by atoms with Crippen molar-refractivity contribution in [2.24, 2.45) is 41.2 Å². The van der Waals surface area contributed by atoms with Gasteiger partial charge in [0.25, 0.3) is 0 Å². The van der Waals surface area contributed by atoms with E-state index in [0.717, 1.165) is 35.1 Å². The molecular formula is C68H84N2O9. The fourth-order valence-electron chi connectivity index (χ4n) is 8.75. The summed E-state index contributed by atoms with van der Waals surface area (Å²) >= 11 is 0. The number of nitrogens with two attached hydrogens (primary N) is 1. The van der Waals surface area contributed by atoms with Gasteiger partial charge in [-0.2, -0.15) is 0 Å². The lowest BCUT2D eigenvalue weighted by molar-refractivity contribution is -0.152. The molecule has 6 aromatic carbocycles. The maximum absolute atomic E-state index is 13.6. The monoisotopic (exact) mass is 1070 g/mol. The van der Waals surface area contributed by atoms with Gasteiger partial charge in [0.2, 0.25) is 5.91 Å². The second kappa shape index (κ2) is 35.8. The highest BCUT2D eigenvalue weighted by atomic mass is 16.5. The van der Waals surface area contributed by atoms with Crippen LogP contribution in [0.2, 0.25) is 0 Å². The number of aryl methyl sites for hydroxylation is 2. The summed E-state index contributed by atoms with van der Waals surface area (Å²) in [5.41, 5.74) is 12.2. The van der Waals surface area contributed by atoms with E-state index in [-0.39, 0.29) is 67.3 Å². The number of ketones is 2. The zero-order chi connectivity index (χ0) is 57.4. The van der Waals surface area contributed by atoms with Gasteiger partial charge in [-0.1, -0.05) is 224 Å². The summed E-state index contributed by atoms with van der Waals surface area (Å²) in [6.07, 6.45) is 5.17. The van der Waals surface area contributed by atoms with E-state index in [2.05, 4.69) is 17.4 Å². The topological polar surface area (TPSA) is 179 Å². The number of nitrogens with one attached hydrogen (secondary N) is 1. The third-order valence-corrected chi connectivity index (χ3v) is 13.5. The van der Waals surface area contributed by atoms with Gasteiger partial charge >= 0.3 is 17.9 Å². The molecule has 6 aromatic rings. The number of esters is 2. The Labute approximate surface area is 469 Å². The molecule has 6 rings (SSSR count). The van der Waals surface area contributed by atoms with Crippen molar-refractivity contribution in [2.75, 3.05) is 0 Å². The summed E-state index contributed by atoms with van der Waals surface area (Å²) < 4.78 is 11.1. The van der Waals surface area contributed by atoms with Gasteiger partial charge < -0.3 is 25.6 Å². The van der Waals surface area contributed by atoms with E-state index < -0.39 is 35.9 Å². The third kappa shape index (κ3) is 26.1. The van der Waals surface area contributed by atoms with Gasteiger partial charge in [-0.05, 0) is 96.6 Å². The molecule has 0 aliphatic carbocycles. The van der Waals surface area contributed by atoms with Gasteiger partial charge in [0.15, 0.2) is 5.78 Å². The number of ether oxygens (including phenoxy) is 2. The van der Waals surface area contributed by atoms with Crippen LogP contribution in [-0.2, 0) is 77.1 Å². The lowest BCUT2D eigenvalue weighted by atomic mass is 9.89. The first-order valence-electron chi connectivity index (χ1n) is 27.9. The smallest absolute Gasteiger partial charge is 0.310 e. The van der Waals surface area contributed by atoms with Gasteiger partial charge in [0, 0.05) is 18.8 Å². The maximum atomic E-state index is 13.6. The Morgan fingerprint density at radius 2 is 0.772 bits per heavy atom. The van der Waals surface area contributed by atoms with Crippen molar-refractivity contribution in [1.82, 2.24) is 5.32 Å². The van der Waals surface area contributed by atoms with E-state index in [4.69, 9.17) is 20.3 Å². The van der Waals surface area contributed by atoms with Gasteiger partial charge in [-0.25, -0.2) is 0 Å². The average Bonchev–Trinajstić information content (AvgIpc) is 3.45. The molecule has 11 heteroatoms. The molecule has 0 spiro atoms. The zero-order valence-electron chi connectivity index (χ0n) is 47.2. The predicted octanol–water partition coefficient (Wildman–Crippen LogP) is 12.6. The number of rotatable bonds is 29. The molecule has 0 fully saturated rings. The quantitative estimate of drug-likeness (QED) is 0.0383. The van der Waals surface area contributed by atoms with Crippen LogP contribution in [0.3, 0.4) is 0 Å². The number of carbonyl (C=O) groups excluding carboxylic acids is 5. The SMILES string of the molecule is CC(C)C[C@H](N)C(=O)C[C@@H](Cc1ccccc1)C(=O)OCc1ccccc1.CC(C)C[C@H](NC(=O)[C@@H](C)CCc1ccccc1)C(=O)C[C@@H](Cc1ccccc1)C(=O)OCc1ccccc1.C[C@@H](CCc1ccccc1)C(=O)O. The first-order chi connectivity index (χ1) is 38.0. The fraction of sp³-hybridized carbons (Fsp3) is 0.382. The van der Waals surface area contributed by atoms with E-state index >= 15 is 0 Å². The highest BCUT2D eigenvalue weighted by molar-refractivity contribution is 5.92. The van der Waals surface area contributed by atoms with Crippen molar-refractivity contribution in [2.45, 2.75) is 131 Å². The van der Waals surface area contributed by atoms with Crippen LogP contribution >= 0.6 is 0 Å². The van der Waals surface area contributed by atoms with E-state index in [0.29, 0.717) is 44.4 Å². The Balaban J connectivity index is 0.000000289. The van der Waals surface area contributed by atoms with E-state index in [1.54, 1.807) is 6.92 Å². The number of Topliss-reactive ketones (excluding diaryl/α,β-unsaturated/α-hetero) is 2. The molecule has 4 N–H and O–H groups in total. The molecule has 0 unspecified atom stereocenters. The molecule has 11 nitrogen and oxygen atoms in total. The number of hydrogen-bond acceptors (Lipinski definition) is 9. The van der Waals surface area contributed by atoms with Crippen molar-refractivity contribution < 1.29 is 43.3 Å². The fourth-order valence-corrected chi connectivity index (χ4v) is 8.75. The zero-order valence-corrected chi connectivity index (χ0v) is 47.2. The van der Waals surface area contributed by atoms with Crippen LogP contribution in [-0.4, -0.2) is 52.6 Å². The number of carboxylic acids is 1. The van der Waals surface area contributed by atoms with Gasteiger partial charge in [-0.15, -0.1) is 0 Å². The predicted molar refractivity (Wildman–Crippen MR) is 313 cm³/mol. The molecule has 0 heterocycles. The maximum Gasteiger partial charge on any atom is 0.310 e. The minimum atomic E-state index is -0.712. The Kier molecular flexibility index (Phi) is 29.0. The lowest BCUT2D eigenvalue weighted by Crippen LogP contribution is -2.45. The molecule has 0 saturated heterocycles. The van der Waals surface area contributed by atoms with Crippen LogP contribution < -0.4 is 11.1 Å². The number of hydrogen-bond donors (Lipinski definition) is 3. The van der Waals surface area contributed by atoms with Crippen LogP contribution in [0.25, 0.3) is 0 Å². The van der Waals surface area contributed by atoms with Gasteiger partial charge in [-0.3, -0.25) is 28.8 Å². The normalized spacial score (nSPS) is 13.1. The summed E-state index contributed by atoms with van der Waals surface area (Å²) in [6.45, 7) is 12.1. The molecule has 0 aliphatic heterocycles. The molecule has 0 bridgehead atoms. The van der Waals surface area contributed by atoms with Crippen LogP contribution in [0.15, 0.2) is 182 Å². The van der Waals surface area contributed by atoms with Crippen molar-refractivity contribution in [1.29, 1.82) is 0 Å². The summed E-state index contributed by atoms with van der Waals surface area (Å²) in [7, 11) is 0. The number of aliphatic carboxylic acids is 1. The number of amides is 1. The van der Waals surface area contributed by atoms with E-state index in [1.807, 2.05) is 204 Å². The molecule has 6 atom stereocenters. The van der Waals surface area contributed by atoms with Crippen molar-refractivity contribution in [3.63, 3.8) is 0 Å². The van der Waals surface area contributed by atoms with E-state index in [1.165, 1.54) is 11.1 Å². The Bertz CT molecular complexity index is 2690. The van der Waals surface area contributed by atoms with Gasteiger partial charge in [0.1, 0.15) is 19.0 Å². The number of carboxylic acid groups (broad SMARTS) is 1. The van der Waals surface area contributed by atoms with Crippen molar-refractivity contribution in [3.8, 4) is 0 Å². The second-order valence-electron chi connectivity index (χ2n) is 21.4. The number of benzene rings is 6. The molecular weight excluding hydrogens is 989 g/mol. The number of carbonyl (C=O) groups is 6. The molecule has 420 valence electrons. The molecule has 0 aliphatic rings. The molecule has 79 heavy (non-hydrogen) atoms. The lowest BCUT2D eigenvalue weighted by Gasteiger charge is -2.24. The average molecular weight is 1070 g/mol. The third-order valence-electron chi connectivity index (χ3n) is 13.5. The second-order valence-corrected chi connectivity index (χ2v) is 21.4. The van der Waals surface area contributed by atoms with Crippen LogP contribution in [0, 0.1) is 35.5 Å². The summed E-state index contributed by atoms with van der Waals surface area (Å²) in [5, 5.41) is 11.7. The molecule has 1 amide bonds. The van der Waals surface area contributed by atoms with Crippen molar-refractivity contribution in [3.05, 3.63) is 215 Å². The standard InChI is InChI=1S/C34H41NO4.C23H29NO3.C11H14O2/c1-25(2)21-31(35-33(37)26(3)19-20-27-13-7-4-8-14-27)32(36)23-30(22-28-15-9-5-10-16-28)34(38)39-24-29-17-11-6-12-18-29;1-17(2)13-21(24)22(25)15-20(14-18-9-5-3-6-10-18)23(26)27-16-19-11-7-4-8-12-19;1-9(11(12)13)7-8-10-5-3-2-4-6-10/h4-18,25-26,30-31H,19-24H2,1-3H3,(H,35,37);3-12,17,20-21H,13-16,24H2,1-2H3;2-6,9H,7-8H2,1H3,(H,12,13)/t26-,30+,31-;20-,21+;9-/m010/s1. The van der Waals surface area contributed by atoms with Crippen LogP contribution in [0.5, 0.6) is 0 Å². The molecule has 0 aromatic heterocycles. The minimum absolute atomic E-state index is 0.0125. The Morgan fingerprint density at radius 1 is 0.443 bits per heavy atom. The van der Waals surface area contributed by atoms with Crippen LogP contribution in [0.1, 0.15) is 113 Å². The largest absolute Gasteiger partial charge is 0.481 e. The summed E-state index contributed by atoms with van der Waals surface area (Å²) in [4.78, 5) is 75.6.